The lowest BCUT2D eigenvalue weighted by Crippen LogP contribution is -2.08. The van der Waals surface area contributed by atoms with Gasteiger partial charge in [-0.1, -0.05) is 0 Å². The van der Waals surface area contributed by atoms with Crippen molar-refractivity contribution in [2.75, 3.05) is 19.0 Å². The molecule has 11 heavy (non-hydrogen) atoms. The van der Waals surface area contributed by atoms with Crippen LogP contribution in [0.25, 0.3) is 0 Å². The molecule has 0 atom stereocenters. The number of anilines is 1. The zero-order valence-corrected chi connectivity index (χ0v) is 6.57. The van der Waals surface area contributed by atoms with E-state index >= 15 is 0 Å². The molecule has 0 unspecified atom stereocenters. The van der Waals surface area contributed by atoms with Crippen molar-refractivity contribution in [2.45, 2.75) is 0 Å². The van der Waals surface area contributed by atoms with E-state index < -0.39 is 0 Å². The van der Waals surface area contributed by atoms with Crippen LogP contribution < -0.4 is 4.90 Å². The van der Waals surface area contributed by atoms with Gasteiger partial charge in [-0.25, -0.2) is 0 Å². The normalized spacial score (nSPS) is 8.82. The van der Waals surface area contributed by atoms with Crippen molar-refractivity contribution in [3.8, 4) is 6.07 Å². The van der Waals surface area contributed by atoms with E-state index in [0.29, 0.717) is 5.56 Å². The minimum Gasteiger partial charge on any atom is -0.376 e. The van der Waals surface area contributed by atoms with Crippen molar-refractivity contribution in [2.24, 2.45) is 0 Å². The zero-order valence-electron chi connectivity index (χ0n) is 6.57. The molecule has 0 fully saturated rings. The second-order valence-corrected chi connectivity index (χ2v) is 2.44. The van der Waals surface area contributed by atoms with Crippen LogP contribution in [0.5, 0.6) is 0 Å². The zero-order chi connectivity index (χ0) is 8.27. The predicted molar refractivity (Wildman–Crippen MR) is 43.3 cm³/mol. The molecule has 0 saturated carbocycles. The molecule has 56 valence electrons. The summed E-state index contributed by atoms with van der Waals surface area (Å²) in [6.07, 6.45) is 3.27. The summed E-state index contributed by atoms with van der Waals surface area (Å²) in [7, 11) is 3.83. The molecule has 0 spiro atoms. The Bertz CT molecular complexity index is 286. The maximum absolute atomic E-state index is 8.54. The van der Waals surface area contributed by atoms with Crippen LogP contribution in [-0.4, -0.2) is 19.1 Å². The second kappa shape index (κ2) is 3.02. The highest BCUT2D eigenvalue weighted by Gasteiger charge is 1.95. The van der Waals surface area contributed by atoms with Gasteiger partial charge in [0.05, 0.1) is 17.4 Å². The van der Waals surface area contributed by atoms with Crippen LogP contribution >= 0.6 is 0 Å². The van der Waals surface area contributed by atoms with E-state index in [1.807, 2.05) is 25.1 Å². The first-order chi connectivity index (χ1) is 5.24. The minimum atomic E-state index is 0.594. The van der Waals surface area contributed by atoms with Gasteiger partial charge in [0, 0.05) is 20.3 Å². The lowest BCUT2D eigenvalue weighted by Gasteiger charge is -2.10. The van der Waals surface area contributed by atoms with Crippen LogP contribution in [0.2, 0.25) is 0 Å². The molecule has 1 aromatic rings. The third-order valence-electron chi connectivity index (χ3n) is 1.37. The van der Waals surface area contributed by atoms with Gasteiger partial charge in [0.25, 0.3) is 0 Å². The SMILES string of the molecule is CN(C)c1cncc(C#N)c1. The van der Waals surface area contributed by atoms with Gasteiger partial charge in [-0.3, -0.25) is 4.98 Å². The molecule has 0 aromatic carbocycles. The van der Waals surface area contributed by atoms with Gasteiger partial charge in [0.2, 0.25) is 0 Å². The van der Waals surface area contributed by atoms with E-state index in [1.54, 1.807) is 18.5 Å². The molecular weight excluding hydrogens is 138 g/mol. The fourth-order valence-corrected chi connectivity index (χ4v) is 0.734. The Morgan fingerprint density at radius 3 is 2.73 bits per heavy atom. The first-order valence-corrected chi connectivity index (χ1v) is 3.26. The molecule has 0 amide bonds. The summed E-state index contributed by atoms with van der Waals surface area (Å²) in [5, 5.41) is 8.54. The molecule has 0 saturated heterocycles. The van der Waals surface area contributed by atoms with E-state index in [9.17, 15) is 0 Å². The molecule has 0 aliphatic heterocycles. The number of nitriles is 1. The van der Waals surface area contributed by atoms with Crippen molar-refractivity contribution in [3.05, 3.63) is 24.0 Å². The molecule has 1 heterocycles. The van der Waals surface area contributed by atoms with Gasteiger partial charge in [-0.2, -0.15) is 5.26 Å². The average Bonchev–Trinajstić information content (AvgIpc) is 2.05. The number of aromatic nitrogens is 1. The van der Waals surface area contributed by atoms with E-state index in [1.165, 1.54) is 0 Å². The Balaban J connectivity index is 3.03. The number of pyridine rings is 1. The third-order valence-corrected chi connectivity index (χ3v) is 1.37. The summed E-state index contributed by atoms with van der Waals surface area (Å²) in [4.78, 5) is 5.82. The fourth-order valence-electron chi connectivity index (χ4n) is 0.734. The van der Waals surface area contributed by atoms with Crippen LogP contribution in [-0.2, 0) is 0 Å². The smallest absolute Gasteiger partial charge is 0.101 e. The highest BCUT2D eigenvalue weighted by atomic mass is 15.1. The van der Waals surface area contributed by atoms with E-state index in [-0.39, 0.29) is 0 Å². The molecule has 3 heteroatoms. The Hall–Kier alpha value is -1.56. The van der Waals surface area contributed by atoms with Crippen LogP contribution in [0.4, 0.5) is 5.69 Å². The standard InChI is InChI=1S/C8H9N3/c1-11(2)8-3-7(4-9)5-10-6-8/h3,5-6H,1-2H3. The molecule has 0 radical (unpaired) electrons. The summed E-state index contributed by atoms with van der Waals surface area (Å²) in [6, 6.07) is 3.83. The maximum atomic E-state index is 8.54. The average molecular weight is 147 g/mol. The minimum absolute atomic E-state index is 0.594. The summed E-state index contributed by atoms with van der Waals surface area (Å²) in [5.41, 5.74) is 1.54. The van der Waals surface area contributed by atoms with Crippen LogP contribution in [0.3, 0.4) is 0 Å². The number of rotatable bonds is 1. The molecule has 0 aliphatic carbocycles. The largest absolute Gasteiger partial charge is 0.376 e. The molecule has 1 aromatic heterocycles. The van der Waals surface area contributed by atoms with Crippen molar-refractivity contribution < 1.29 is 0 Å². The Morgan fingerprint density at radius 1 is 1.45 bits per heavy atom. The Morgan fingerprint density at radius 2 is 2.18 bits per heavy atom. The van der Waals surface area contributed by atoms with Gasteiger partial charge in [0.15, 0.2) is 0 Å². The number of hydrogen-bond acceptors (Lipinski definition) is 3. The van der Waals surface area contributed by atoms with Crippen molar-refractivity contribution in [1.29, 1.82) is 5.26 Å². The fraction of sp³-hybridized carbons (Fsp3) is 0.250. The molecule has 0 N–H and O–H groups in total. The van der Waals surface area contributed by atoms with Gasteiger partial charge in [0.1, 0.15) is 6.07 Å². The van der Waals surface area contributed by atoms with Crippen molar-refractivity contribution in [1.82, 2.24) is 4.98 Å². The second-order valence-electron chi connectivity index (χ2n) is 2.44. The molecular formula is C8H9N3. The number of nitrogens with zero attached hydrogens (tertiary/aromatic N) is 3. The van der Waals surface area contributed by atoms with Gasteiger partial charge < -0.3 is 4.90 Å². The van der Waals surface area contributed by atoms with Gasteiger partial charge >= 0.3 is 0 Å². The summed E-state index contributed by atoms with van der Waals surface area (Å²) >= 11 is 0. The third kappa shape index (κ3) is 1.68. The predicted octanol–water partition coefficient (Wildman–Crippen LogP) is 1.02. The van der Waals surface area contributed by atoms with Crippen molar-refractivity contribution >= 4 is 5.69 Å². The molecule has 3 nitrogen and oxygen atoms in total. The monoisotopic (exact) mass is 147 g/mol. The summed E-state index contributed by atoms with van der Waals surface area (Å²) in [6.45, 7) is 0. The summed E-state index contributed by atoms with van der Waals surface area (Å²) in [5.74, 6) is 0. The molecule has 0 bridgehead atoms. The highest BCUT2D eigenvalue weighted by molar-refractivity contribution is 5.47. The van der Waals surface area contributed by atoms with Gasteiger partial charge in [-0.15, -0.1) is 0 Å². The quantitative estimate of drug-likeness (QED) is 0.595. The van der Waals surface area contributed by atoms with Gasteiger partial charge in [-0.05, 0) is 6.07 Å². The molecule has 0 aliphatic rings. The first kappa shape index (κ1) is 7.55. The lowest BCUT2D eigenvalue weighted by molar-refractivity contribution is 1.11. The van der Waals surface area contributed by atoms with E-state index in [0.717, 1.165) is 5.69 Å². The van der Waals surface area contributed by atoms with E-state index in [2.05, 4.69) is 4.98 Å². The Kier molecular flexibility index (Phi) is 2.07. The first-order valence-electron chi connectivity index (χ1n) is 3.26. The van der Waals surface area contributed by atoms with E-state index in [4.69, 9.17) is 5.26 Å². The lowest BCUT2D eigenvalue weighted by atomic mass is 10.3. The summed E-state index contributed by atoms with van der Waals surface area (Å²) < 4.78 is 0. The van der Waals surface area contributed by atoms with Crippen LogP contribution in [0.1, 0.15) is 5.56 Å². The number of hydrogen-bond donors (Lipinski definition) is 0. The maximum Gasteiger partial charge on any atom is 0.101 e. The Labute approximate surface area is 65.9 Å². The van der Waals surface area contributed by atoms with Crippen LogP contribution in [0.15, 0.2) is 18.5 Å². The van der Waals surface area contributed by atoms with Crippen LogP contribution in [0, 0.1) is 11.3 Å². The van der Waals surface area contributed by atoms with Crippen molar-refractivity contribution in [3.63, 3.8) is 0 Å². The molecule has 1 rings (SSSR count). The highest BCUT2D eigenvalue weighted by Crippen LogP contribution is 2.09. The topological polar surface area (TPSA) is 39.9 Å².